The summed E-state index contributed by atoms with van der Waals surface area (Å²) in [5.41, 5.74) is 1.18. The number of hydrogen-bond acceptors (Lipinski definition) is 6. The highest BCUT2D eigenvalue weighted by Crippen LogP contribution is 2.16. The van der Waals surface area contributed by atoms with Crippen LogP contribution in [-0.2, 0) is 26.0 Å². The van der Waals surface area contributed by atoms with Crippen LogP contribution in [0.1, 0.15) is 29.8 Å². The SMILES string of the molecule is CC(C)NC(=O)Nc1ccccc1C(=O)OCC(=O)NCCc1ccc(S(N)(=O)=O)cc1. The molecule has 0 aliphatic rings. The number of carbonyl (C=O) groups excluding carboxylic acids is 3. The molecule has 32 heavy (non-hydrogen) atoms. The molecular weight excluding hydrogens is 436 g/mol. The molecule has 0 heterocycles. The Bertz CT molecular complexity index is 1070. The van der Waals surface area contributed by atoms with Gasteiger partial charge in [0.2, 0.25) is 10.0 Å². The number of esters is 1. The highest BCUT2D eigenvalue weighted by Gasteiger charge is 2.16. The molecule has 10 nitrogen and oxygen atoms in total. The zero-order valence-electron chi connectivity index (χ0n) is 17.8. The van der Waals surface area contributed by atoms with Crippen LogP contribution in [0.3, 0.4) is 0 Å². The van der Waals surface area contributed by atoms with E-state index in [1.165, 1.54) is 18.2 Å². The number of benzene rings is 2. The number of primary sulfonamides is 1. The normalized spacial score (nSPS) is 11.0. The minimum absolute atomic E-state index is 0.00801. The molecule has 0 aliphatic carbocycles. The number of rotatable bonds is 9. The minimum Gasteiger partial charge on any atom is -0.452 e. The van der Waals surface area contributed by atoms with E-state index in [0.29, 0.717) is 6.42 Å². The summed E-state index contributed by atoms with van der Waals surface area (Å²) in [6.45, 7) is 3.38. The van der Waals surface area contributed by atoms with Gasteiger partial charge in [0.05, 0.1) is 16.1 Å². The van der Waals surface area contributed by atoms with E-state index in [4.69, 9.17) is 9.88 Å². The van der Waals surface area contributed by atoms with Crippen LogP contribution in [0, 0.1) is 0 Å². The Hall–Kier alpha value is -3.44. The van der Waals surface area contributed by atoms with Gasteiger partial charge >= 0.3 is 12.0 Å². The molecule has 0 unspecified atom stereocenters. The largest absolute Gasteiger partial charge is 0.452 e. The topological polar surface area (TPSA) is 157 Å². The molecule has 0 aliphatic heterocycles. The lowest BCUT2D eigenvalue weighted by atomic mass is 10.1. The summed E-state index contributed by atoms with van der Waals surface area (Å²) in [7, 11) is -3.75. The van der Waals surface area contributed by atoms with Gasteiger partial charge in [-0.1, -0.05) is 24.3 Å². The van der Waals surface area contributed by atoms with Crippen LogP contribution in [0.15, 0.2) is 53.4 Å². The molecule has 2 rings (SSSR count). The van der Waals surface area contributed by atoms with Gasteiger partial charge in [0.25, 0.3) is 5.91 Å². The van der Waals surface area contributed by atoms with E-state index >= 15 is 0 Å². The Kier molecular flexibility index (Phi) is 8.73. The maximum atomic E-state index is 12.3. The van der Waals surface area contributed by atoms with Crippen molar-refractivity contribution in [3.05, 3.63) is 59.7 Å². The first-order chi connectivity index (χ1) is 15.1. The van der Waals surface area contributed by atoms with Crippen LogP contribution >= 0.6 is 0 Å². The van der Waals surface area contributed by atoms with Crippen molar-refractivity contribution in [2.75, 3.05) is 18.5 Å². The Morgan fingerprint density at radius 2 is 1.69 bits per heavy atom. The molecule has 0 saturated heterocycles. The summed E-state index contributed by atoms with van der Waals surface area (Å²) < 4.78 is 27.5. The van der Waals surface area contributed by atoms with E-state index in [1.54, 1.807) is 44.2 Å². The van der Waals surface area contributed by atoms with E-state index < -0.39 is 34.5 Å². The highest BCUT2D eigenvalue weighted by molar-refractivity contribution is 7.89. The molecule has 5 N–H and O–H groups in total. The molecule has 3 amide bonds. The number of urea groups is 1. The van der Waals surface area contributed by atoms with Gasteiger partial charge in [0.15, 0.2) is 6.61 Å². The second kappa shape index (κ2) is 11.3. The zero-order chi connectivity index (χ0) is 23.7. The first-order valence-electron chi connectivity index (χ1n) is 9.78. The van der Waals surface area contributed by atoms with E-state index in [0.717, 1.165) is 5.56 Å². The fourth-order valence-electron chi connectivity index (χ4n) is 2.64. The number of anilines is 1. The predicted molar refractivity (Wildman–Crippen MR) is 119 cm³/mol. The monoisotopic (exact) mass is 462 g/mol. The van der Waals surface area contributed by atoms with Crippen LogP contribution in [-0.4, -0.2) is 45.5 Å². The summed E-state index contributed by atoms with van der Waals surface area (Å²) in [6.07, 6.45) is 0.447. The lowest BCUT2D eigenvalue weighted by molar-refractivity contribution is -0.124. The summed E-state index contributed by atoms with van der Waals surface area (Å²) in [5, 5.41) is 12.9. The summed E-state index contributed by atoms with van der Waals surface area (Å²) in [6, 6.07) is 11.8. The first kappa shape index (κ1) is 24.8. The van der Waals surface area contributed by atoms with Gasteiger partial charge in [-0.15, -0.1) is 0 Å². The number of hydrogen-bond donors (Lipinski definition) is 4. The Morgan fingerprint density at radius 3 is 2.31 bits per heavy atom. The van der Waals surface area contributed by atoms with Gasteiger partial charge in [-0.25, -0.2) is 23.1 Å². The third kappa shape index (κ3) is 8.00. The van der Waals surface area contributed by atoms with Crippen molar-refractivity contribution in [3.8, 4) is 0 Å². The van der Waals surface area contributed by atoms with E-state index in [-0.39, 0.29) is 28.7 Å². The van der Waals surface area contributed by atoms with Crippen molar-refractivity contribution < 1.29 is 27.5 Å². The van der Waals surface area contributed by atoms with Crippen molar-refractivity contribution in [3.63, 3.8) is 0 Å². The number of carbonyl (C=O) groups is 3. The fourth-order valence-corrected chi connectivity index (χ4v) is 3.16. The van der Waals surface area contributed by atoms with Crippen molar-refractivity contribution >= 4 is 33.6 Å². The number of ether oxygens (including phenoxy) is 1. The first-order valence-corrected chi connectivity index (χ1v) is 11.3. The van der Waals surface area contributed by atoms with Crippen LogP contribution in [0.5, 0.6) is 0 Å². The number of nitrogens with two attached hydrogens (primary N) is 1. The molecular formula is C21H26N4O6S. The Balaban J connectivity index is 1.82. The van der Waals surface area contributed by atoms with Crippen molar-refractivity contribution in [1.82, 2.24) is 10.6 Å². The van der Waals surface area contributed by atoms with Gasteiger partial charge in [-0.2, -0.15) is 0 Å². The Morgan fingerprint density at radius 1 is 1.03 bits per heavy atom. The molecule has 0 spiro atoms. The third-order valence-electron chi connectivity index (χ3n) is 4.14. The molecule has 0 bridgehead atoms. The smallest absolute Gasteiger partial charge is 0.340 e. The fraction of sp³-hybridized carbons (Fsp3) is 0.286. The molecule has 0 fully saturated rings. The number of amides is 3. The van der Waals surface area contributed by atoms with Gasteiger partial charge in [-0.05, 0) is 50.1 Å². The quantitative estimate of drug-likeness (QED) is 0.412. The second-order valence-electron chi connectivity index (χ2n) is 7.16. The lowest BCUT2D eigenvalue weighted by Gasteiger charge is -2.13. The molecule has 0 saturated carbocycles. The van der Waals surface area contributed by atoms with E-state index in [9.17, 15) is 22.8 Å². The van der Waals surface area contributed by atoms with E-state index in [1.807, 2.05) is 0 Å². The predicted octanol–water partition coefficient (Wildman–Crippen LogP) is 1.38. The summed E-state index contributed by atoms with van der Waals surface area (Å²) >= 11 is 0. The van der Waals surface area contributed by atoms with E-state index in [2.05, 4.69) is 16.0 Å². The average Bonchev–Trinajstić information content (AvgIpc) is 2.71. The standard InChI is InChI=1S/C21H26N4O6S/c1-14(2)24-21(28)25-18-6-4-3-5-17(18)20(27)31-13-19(26)23-12-11-15-7-9-16(10-8-15)32(22,29)30/h3-10,14H,11-13H2,1-2H3,(H,23,26)(H2,22,29,30)(H2,24,25,28). The average molecular weight is 463 g/mol. The molecule has 0 atom stereocenters. The van der Waals surface area contributed by atoms with Crippen molar-refractivity contribution in [1.29, 1.82) is 0 Å². The van der Waals surface area contributed by atoms with Gasteiger partial charge < -0.3 is 20.7 Å². The minimum atomic E-state index is -3.75. The van der Waals surface area contributed by atoms with Crippen LogP contribution < -0.4 is 21.1 Å². The van der Waals surface area contributed by atoms with Gasteiger partial charge in [0.1, 0.15) is 0 Å². The van der Waals surface area contributed by atoms with Crippen LogP contribution in [0.2, 0.25) is 0 Å². The summed E-state index contributed by atoms with van der Waals surface area (Å²) in [5.74, 6) is -1.25. The maximum Gasteiger partial charge on any atom is 0.340 e. The summed E-state index contributed by atoms with van der Waals surface area (Å²) in [4.78, 5) is 36.2. The molecule has 2 aromatic rings. The van der Waals surface area contributed by atoms with Crippen molar-refractivity contribution in [2.24, 2.45) is 5.14 Å². The molecule has 11 heteroatoms. The lowest BCUT2D eigenvalue weighted by Crippen LogP contribution is -2.34. The maximum absolute atomic E-state index is 12.3. The molecule has 2 aromatic carbocycles. The number of para-hydroxylation sites is 1. The Labute approximate surface area is 186 Å². The highest BCUT2D eigenvalue weighted by atomic mass is 32.2. The number of sulfonamides is 1. The number of nitrogens with one attached hydrogen (secondary N) is 3. The van der Waals surface area contributed by atoms with Crippen LogP contribution in [0.25, 0.3) is 0 Å². The van der Waals surface area contributed by atoms with Crippen LogP contribution in [0.4, 0.5) is 10.5 Å². The zero-order valence-corrected chi connectivity index (χ0v) is 18.6. The van der Waals surface area contributed by atoms with Gasteiger partial charge in [-0.3, -0.25) is 4.79 Å². The second-order valence-corrected chi connectivity index (χ2v) is 8.73. The van der Waals surface area contributed by atoms with Gasteiger partial charge in [0, 0.05) is 12.6 Å². The molecule has 0 radical (unpaired) electrons. The third-order valence-corrected chi connectivity index (χ3v) is 5.07. The molecule has 172 valence electrons. The molecule has 0 aromatic heterocycles. The van der Waals surface area contributed by atoms with Crippen molar-refractivity contribution in [2.45, 2.75) is 31.2 Å².